The fourth-order valence-corrected chi connectivity index (χ4v) is 3.00. The topological polar surface area (TPSA) is 67.3 Å². The van der Waals surface area contributed by atoms with Crippen LogP contribution in [0.4, 0.5) is 4.79 Å². The van der Waals surface area contributed by atoms with Crippen LogP contribution >= 0.6 is 15.9 Å². The number of carbonyl (C=O) groups excluding carboxylic acids is 1. The van der Waals surface area contributed by atoms with Gasteiger partial charge >= 0.3 is 6.09 Å². The summed E-state index contributed by atoms with van der Waals surface area (Å²) in [5.41, 5.74) is 1.72. The summed E-state index contributed by atoms with van der Waals surface area (Å²) < 4.78 is 8.18. The van der Waals surface area contributed by atoms with Gasteiger partial charge in [0.15, 0.2) is 0 Å². The maximum absolute atomic E-state index is 12.3. The Morgan fingerprint density at radius 1 is 1.25 bits per heavy atom. The van der Waals surface area contributed by atoms with Crippen molar-refractivity contribution in [1.82, 2.24) is 14.7 Å². The lowest BCUT2D eigenvalue weighted by Gasteiger charge is -2.30. The first-order valence-corrected chi connectivity index (χ1v) is 8.60. The summed E-state index contributed by atoms with van der Waals surface area (Å²) in [7, 11) is 0. The predicted octanol–water partition coefficient (Wildman–Crippen LogP) is 3.22. The molecule has 0 bridgehead atoms. The Balaban J connectivity index is 1.87. The Morgan fingerprint density at radius 3 is 2.54 bits per heavy atom. The van der Waals surface area contributed by atoms with Gasteiger partial charge in [0.25, 0.3) is 5.56 Å². The summed E-state index contributed by atoms with van der Waals surface area (Å²) in [6.45, 7) is 6.28. The highest BCUT2D eigenvalue weighted by atomic mass is 79.9. The van der Waals surface area contributed by atoms with Gasteiger partial charge in [0, 0.05) is 17.4 Å². The summed E-state index contributed by atoms with van der Waals surface area (Å²) in [5, 5.41) is 2.87. The van der Waals surface area contributed by atoms with E-state index < -0.39 is 5.60 Å². The van der Waals surface area contributed by atoms with Crippen molar-refractivity contribution in [2.24, 2.45) is 0 Å². The molecular formula is C17H20BrN3O3. The van der Waals surface area contributed by atoms with Gasteiger partial charge in [-0.05, 0) is 45.0 Å². The maximum atomic E-state index is 12.3. The second-order valence-electron chi connectivity index (χ2n) is 6.83. The van der Waals surface area contributed by atoms with E-state index in [1.54, 1.807) is 9.58 Å². The Kier molecular flexibility index (Phi) is 4.29. The van der Waals surface area contributed by atoms with Gasteiger partial charge in [-0.2, -0.15) is 0 Å². The summed E-state index contributed by atoms with van der Waals surface area (Å²) >= 11 is 3.41. The molecule has 0 saturated heterocycles. The average molecular weight is 394 g/mol. The molecule has 1 N–H and O–H groups in total. The minimum atomic E-state index is -0.548. The lowest BCUT2D eigenvalue weighted by Crippen LogP contribution is -2.41. The number of nitrogens with zero attached hydrogens (tertiary/aromatic N) is 2. The van der Waals surface area contributed by atoms with Crippen molar-refractivity contribution in [3.63, 3.8) is 0 Å². The maximum Gasteiger partial charge on any atom is 0.410 e. The van der Waals surface area contributed by atoms with Gasteiger partial charge in [-0.3, -0.25) is 14.6 Å². The van der Waals surface area contributed by atoms with Crippen LogP contribution in [0.5, 0.6) is 0 Å². The molecule has 0 saturated carbocycles. The van der Waals surface area contributed by atoms with Crippen LogP contribution in [0, 0.1) is 0 Å². The normalized spacial score (nSPS) is 14.4. The summed E-state index contributed by atoms with van der Waals surface area (Å²) in [6.07, 6.45) is 0.215. The number of halogens is 1. The van der Waals surface area contributed by atoms with Crippen LogP contribution in [-0.2, 0) is 17.7 Å². The predicted molar refractivity (Wildman–Crippen MR) is 94.4 cm³/mol. The standard InChI is InChI=1S/C17H20BrN3O3/c1-17(2,3)24-16(23)20-9-8-14-13(10-20)15(22)19-21(14)12-6-4-11(18)5-7-12/h4-7H,8-10H2,1-3H3,(H,19,22). The van der Waals surface area contributed by atoms with Gasteiger partial charge in [-0.25, -0.2) is 4.79 Å². The fourth-order valence-electron chi connectivity index (χ4n) is 2.73. The molecule has 1 aliphatic rings. The molecule has 2 heterocycles. The van der Waals surface area contributed by atoms with Gasteiger partial charge in [-0.1, -0.05) is 15.9 Å². The first-order valence-electron chi connectivity index (χ1n) is 7.81. The summed E-state index contributed by atoms with van der Waals surface area (Å²) in [4.78, 5) is 26.1. The smallest absolute Gasteiger partial charge is 0.410 e. The second kappa shape index (κ2) is 6.12. The Hall–Kier alpha value is -2.02. The number of fused-ring (bicyclic) bond motifs is 1. The molecule has 1 amide bonds. The van der Waals surface area contributed by atoms with Crippen LogP contribution in [0.3, 0.4) is 0 Å². The van der Waals surface area contributed by atoms with Crippen LogP contribution in [0.15, 0.2) is 33.5 Å². The quantitative estimate of drug-likeness (QED) is 0.808. The van der Waals surface area contributed by atoms with E-state index in [1.165, 1.54) is 0 Å². The molecule has 0 fully saturated rings. The fraction of sp³-hybridized carbons (Fsp3) is 0.412. The van der Waals surface area contributed by atoms with Crippen LogP contribution in [0.2, 0.25) is 0 Å². The number of benzene rings is 1. The molecule has 2 aromatic rings. The molecule has 0 spiro atoms. The van der Waals surface area contributed by atoms with E-state index in [-0.39, 0.29) is 18.2 Å². The van der Waals surface area contributed by atoms with E-state index in [9.17, 15) is 9.59 Å². The SMILES string of the molecule is CC(C)(C)OC(=O)N1CCc2c(c(=O)[nH]n2-c2ccc(Br)cc2)C1. The highest BCUT2D eigenvalue weighted by molar-refractivity contribution is 9.10. The first kappa shape index (κ1) is 16.8. The number of H-pyrrole nitrogens is 1. The van der Waals surface area contributed by atoms with Crippen LogP contribution in [-0.4, -0.2) is 32.9 Å². The number of ether oxygens (including phenoxy) is 1. The van der Waals surface area contributed by atoms with Crippen molar-refractivity contribution in [2.45, 2.75) is 39.3 Å². The Bertz CT molecular complexity index is 815. The van der Waals surface area contributed by atoms with Gasteiger partial charge in [0.1, 0.15) is 5.60 Å². The molecule has 7 heteroatoms. The largest absolute Gasteiger partial charge is 0.444 e. The Labute approximate surface area is 148 Å². The van der Waals surface area contributed by atoms with Crippen LogP contribution in [0.1, 0.15) is 32.0 Å². The monoisotopic (exact) mass is 393 g/mol. The van der Waals surface area contributed by atoms with Crippen molar-refractivity contribution >= 4 is 22.0 Å². The van der Waals surface area contributed by atoms with Gasteiger partial charge in [0.2, 0.25) is 0 Å². The molecule has 1 aliphatic heterocycles. The molecule has 128 valence electrons. The number of aromatic amines is 1. The number of nitrogens with one attached hydrogen (secondary N) is 1. The number of rotatable bonds is 1. The zero-order valence-electron chi connectivity index (χ0n) is 13.9. The van der Waals surface area contributed by atoms with Crippen molar-refractivity contribution in [3.8, 4) is 5.69 Å². The number of aromatic nitrogens is 2. The van der Waals surface area contributed by atoms with Crippen molar-refractivity contribution in [2.75, 3.05) is 6.54 Å². The third-order valence-electron chi connectivity index (χ3n) is 3.81. The lowest BCUT2D eigenvalue weighted by molar-refractivity contribution is 0.0222. The zero-order chi connectivity index (χ0) is 17.5. The van der Waals surface area contributed by atoms with E-state index in [2.05, 4.69) is 21.0 Å². The minimum Gasteiger partial charge on any atom is -0.444 e. The van der Waals surface area contributed by atoms with E-state index in [4.69, 9.17) is 4.74 Å². The van der Waals surface area contributed by atoms with Gasteiger partial charge in [0.05, 0.1) is 23.5 Å². The first-order chi connectivity index (χ1) is 11.2. The third-order valence-corrected chi connectivity index (χ3v) is 4.34. The average Bonchev–Trinajstić information content (AvgIpc) is 2.83. The Morgan fingerprint density at radius 2 is 1.92 bits per heavy atom. The van der Waals surface area contributed by atoms with E-state index in [0.717, 1.165) is 15.9 Å². The molecule has 24 heavy (non-hydrogen) atoms. The van der Waals surface area contributed by atoms with Crippen molar-refractivity contribution in [1.29, 1.82) is 0 Å². The van der Waals surface area contributed by atoms with E-state index >= 15 is 0 Å². The minimum absolute atomic E-state index is 0.166. The van der Waals surface area contributed by atoms with Gasteiger partial charge < -0.3 is 9.64 Å². The van der Waals surface area contributed by atoms with Crippen LogP contribution < -0.4 is 5.56 Å². The summed E-state index contributed by atoms with van der Waals surface area (Å²) in [5.74, 6) is 0. The van der Waals surface area contributed by atoms with E-state index in [0.29, 0.717) is 18.5 Å². The number of amides is 1. The molecular weight excluding hydrogens is 374 g/mol. The lowest BCUT2D eigenvalue weighted by atomic mass is 10.1. The third kappa shape index (κ3) is 3.40. The zero-order valence-corrected chi connectivity index (χ0v) is 15.5. The van der Waals surface area contributed by atoms with Gasteiger partial charge in [-0.15, -0.1) is 0 Å². The molecule has 1 aromatic heterocycles. The number of hydrogen-bond acceptors (Lipinski definition) is 3. The molecule has 0 atom stereocenters. The second-order valence-corrected chi connectivity index (χ2v) is 7.75. The van der Waals surface area contributed by atoms with Crippen molar-refractivity contribution in [3.05, 3.63) is 50.3 Å². The highest BCUT2D eigenvalue weighted by Crippen LogP contribution is 2.22. The molecule has 3 rings (SSSR count). The molecule has 0 radical (unpaired) electrons. The number of hydrogen-bond donors (Lipinski definition) is 1. The van der Waals surface area contributed by atoms with E-state index in [1.807, 2.05) is 45.0 Å². The molecule has 0 unspecified atom stereocenters. The van der Waals surface area contributed by atoms with Crippen molar-refractivity contribution < 1.29 is 9.53 Å². The summed E-state index contributed by atoms with van der Waals surface area (Å²) in [6, 6.07) is 7.72. The number of carbonyl (C=O) groups is 1. The van der Waals surface area contributed by atoms with Crippen LogP contribution in [0.25, 0.3) is 5.69 Å². The molecule has 6 nitrogen and oxygen atoms in total. The highest BCUT2D eigenvalue weighted by Gasteiger charge is 2.29. The molecule has 1 aromatic carbocycles. The molecule has 0 aliphatic carbocycles.